The van der Waals surface area contributed by atoms with Crippen molar-refractivity contribution in [3.63, 3.8) is 0 Å². The number of rotatable bonds is 4. The van der Waals surface area contributed by atoms with Crippen LogP contribution in [0, 0.1) is 0 Å². The number of benzene rings is 1. The van der Waals surface area contributed by atoms with Gasteiger partial charge in [-0.2, -0.15) is 0 Å². The minimum absolute atomic E-state index is 0.0377. The van der Waals surface area contributed by atoms with Crippen LogP contribution in [0.3, 0.4) is 0 Å². The highest BCUT2D eigenvalue weighted by molar-refractivity contribution is 9.11. The molecule has 0 saturated carbocycles. The van der Waals surface area contributed by atoms with Gasteiger partial charge in [0.2, 0.25) is 5.91 Å². The van der Waals surface area contributed by atoms with Crippen molar-refractivity contribution in [2.24, 2.45) is 0 Å². The van der Waals surface area contributed by atoms with E-state index in [-0.39, 0.29) is 11.9 Å². The normalized spacial score (nSPS) is 19.8. The summed E-state index contributed by atoms with van der Waals surface area (Å²) in [6.07, 6.45) is 3.02. The minimum atomic E-state index is -0.0377. The zero-order valence-electron chi connectivity index (χ0n) is 11.0. The largest absolute Gasteiger partial charge is 0.310 e. The first kappa shape index (κ1) is 15.0. The van der Waals surface area contributed by atoms with Gasteiger partial charge in [0.05, 0.1) is 11.7 Å². The van der Waals surface area contributed by atoms with Gasteiger partial charge < -0.3 is 10.2 Å². The van der Waals surface area contributed by atoms with E-state index in [1.165, 1.54) is 0 Å². The zero-order valence-corrected chi connectivity index (χ0v) is 14.1. The van der Waals surface area contributed by atoms with Gasteiger partial charge in [-0.05, 0) is 59.9 Å². The van der Waals surface area contributed by atoms with Crippen LogP contribution in [0.2, 0.25) is 0 Å². The SMILES string of the molecule is CCCNC1CCCN(c2ccc(Br)cc2Br)C1=O. The number of carbonyl (C=O) groups excluding carboxylic acids is 1. The third-order valence-corrected chi connectivity index (χ3v) is 4.41. The van der Waals surface area contributed by atoms with Gasteiger partial charge in [0.1, 0.15) is 0 Å². The van der Waals surface area contributed by atoms with Gasteiger partial charge in [0.25, 0.3) is 0 Å². The van der Waals surface area contributed by atoms with Gasteiger partial charge in [-0.3, -0.25) is 4.79 Å². The fourth-order valence-electron chi connectivity index (χ4n) is 2.32. The Morgan fingerprint density at radius 2 is 2.21 bits per heavy atom. The molecule has 1 N–H and O–H groups in total. The van der Waals surface area contributed by atoms with Gasteiger partial charge in [-0.1, -0.05) is 22.9 Å². The van der Waals surface area contributed by atoms with Crippen LogP contribution in [-0.4, -0.2) is 25.0 Å². The van der Waals surface area contributed by atoms with Crippen molar-refractivity contribution in [3.8, 4) is 0 Å². The van der Waals surface area contributed by atoms with Crippen LogP contribution < -0.4 is 10.2 Å². The molecule has 1 amide bonds. The Morgan fingerprint density at radius 3 is 2.89 bits per heavy atom. The predicted octanol–water partition coefficient (Wildman–Crippen LogP) is 3.71. The Hall–Kier alpha value is -0.390. The van der Waals surface area contributed by atoms with Crippen LogP contribution in [0.4, 0.5) is 5.69 Å². The molecule has 1 aromatic carbocycles. The van der Waals surface area contributed by atoms with Gasteiger partial charge in [0.15, 0.2) is 0 Å². The van der Waals surface area contributed by atoms with Crippen molar-refractivity contribution >= 4 is 43.5 Å². The second kappa shape index (κ2) is 6.86. The maximum atomic E-state index is 12.5. The fraction of sp³-hybridized carbons (Fsp3) is 0.500. The first-order valence-corrected chi connectivity index (χ1v) is 8.22. The van der Waals surface area contributed by atoms with Gasteiger partial charge in [-0.15, -0.1) is 0 Å². The average Bonchev–Trinajstić information content (AvgIpc) is 2.38. The van der Waals surface area contributed by atoms with Crippen molar-refractivity contribution in [2.45, 2.75) is 32.2 Å². The van der Waals surface area contributed by atoms with Crippen molar-refractivity contribution in [3.05, 3.63) is 27.1 Å². The number of anilines is 1. The Balaban J connectivity index is 2.17. The summed E-state index contributed by atoms with van der Waals surface area (Å²) in [7, 11) is 0. The van der Waals surface area contributed by atoms with E-state index >= 15 is 0 Å². The highest BCUT2D eigenvalue weighted by atomic mass is 79.9. The molecule has 1 saturated heterocycles. The van der Waals surface area contributed by atoms with Crippen LogP contribution in [0.15, 0.2) is 27.1 Å². The smallest absolute Gasteiger partial charge is 0.244 e. The highest BCUT2D eigenvalue weighted by Gasteiger charge is 2.29. The minimum Gasteiger partial charge on any atom is -0.310 e. The van der Waals surface area contributed by atoms with Crippen molar-refractivity contribution in [1.82, 2.24) is 5.32 Å². The van der Waals surface area contributed by atoms with Crippen LogP contribution in [0.25, 0.3) is 0 Å². The number of nitrogens with zero attached hydrogens (tertiary/aromatic N) is 1. The third kappa shape index (κ3) is 3.58. The van der Waals surface area contributed by atoms with E-state index in [0.29, 0.717) is 0 Å². The zero-order chi connectivity index (χ0) is 13.8. The molecule has 1 aliphatic rings. The molecule has 1 heterocycles. The van der Waals surface area contributed by atoms with E-state index in [2.05, 4.69) is 44.1 Å². The van der Waals surface area contributed by atoms with Crippen molar-refractivity contribution in [1.29, 1.82) is 0 Å². The predicted molar refractivity (Wildman–Crippen MR) is 85.5 cm³/mol. The summed E-state index contributed by atoms with van der Waals surface area (Å²) in [5.74, 6) is 0.183. The van der Waals surface area contributed by atoms with E-state index in [1.807, 2.05) is 23.1 Å². The lowest BCUT2D eigenvalue weighted by atomic mass is 10.0. The molecule has 0 radical (unpaired) electrons. The molecule has 19 heavy (non-hydrogen) atoms. The molecule has 5 heteroatoms. The van der Waals surface area contributed by atoms with E-state index in [1.54, 1.807) is 0 Å². The second-order valence-electron chi connectivity index (χ2n) is 4.73. The van der Waals surface area contributed by atoms with Gasteiger partial charge in [0, 0.05) is 15.5 Å². The number of piperidine rings is 1. The summed E-state index contributed by atoms with van der Waals surface area (Å²) >= 11 is 6.97. The molecule has 3 nitrogen and oxygen atoms in total. The molecule has 1 aliphatic heterocycles. The van der Waals surface area contributed by atoms with Crippen LogP contribution in [0.1, 0.15) is 26.2 Å². The fourth-order valence-corrected chi connectivity index (χ4v) is 3.58. The quantitative estimate of drug-likeness (QED) is 0.851. The number of hydrogen-bond donors (Lipinski definition) is 1. The van der Waals surface area contributed by atoms with Crippen LogP contribution in [0.5, 0.6) is 0 Å². The van der Waals surface area contributed by atoms with Crippen molar-refractivity contribution in [2.75, 3.05) is 18.0 Å². The summed E-state index contributed by atoms with van der Waals surface area (Å²) < 4.78 is 1.96. The molecular formula is C14H18Br2N2O. The highest BCUT2D eigenvalue weighted by Crippen LogP contribution is 2.31. The Morgan fingerprint density at radius 1 is 1.42 bits per heavy atom. The molecule has 1 unspecified atom stereocenters. The van der Waals surface area contributed by atoms with Crippen LogP contribution in [-0.2, 0) is 4.79 Å². The molecule has 104 valence electrons. The Bertz CT molecular complexity index is 465. The maximum absolute atomic E-state index is 12.5. The lowest BCUT2D eigenvalue weighted by Crippen LogP contribution is -2.51. The summed E-state index contributed by atoms with van der Waals surface area (Å²) in [4.78, 5) is 14.4. The average molecular weight is 390 g/mol. The molecule has 0 aromatic heterocycles. The molecule has 1 fully saturated rings. The summed E-state index contributed by atoms with van der Waals surface area (Å²) in [6.45, 7) is 3.80. The van der Waals surface area contributed by atoms with E-state index in [4.69, 9.17) is 0 Å². The molecule has 0 spiro atoms. The lowest BCUT2D eigenvalue weighted by molar-refractivity contribution is -0.121. The standard InChI is InChI=1S/C14H18Br2N2O/c1-2-7-17-12-4-3-8-18(14(12)19)13-6-5-10(15)9-11(13)16/h5-6,9,12,17H,2-4,7-8H2,1H3. The Kier molecular flexibility index (Phi) is 5.42. The first-order chi connectivity index (χ1) is 9.13. The van der Waals surface area contributed by atoms with Crippen LogP contribution >= 0.6 is 31.9 Å². The molecule has 1 aromatic rings. The molecule has 1 atom stereocenters. The molecule has 0 aliphatic carbocycles. The number of hydrogen-bond acceptors (Lipinski definition) is 2. The summed E-state index contributed by atoms with van der Waals surface area (Å²) in [6, 6.07) is 5.89. The number of amides is 1. The van der Waals surface area contributed by atoms with Gasteiger partial charge >= 0.3 is 0 Å². The summed E-state index contributed by atoms with van der Waals surface area (Å²) in [5, 5.41) is 3.34. The molecule has 0 bridgehead atoms. The third-order valence-electron chi connectivity index (χ3n) is 3.28. The topological polar surface area (TPSA) is 32.3 Å². The van der Waals surface area contributed by atoms with Gasteiger partial charge in [-0.25, -0.2) is 0 Å². The lowest BCUT2D eigenvalue weighted by Gasteiger charge is -2.33. The first-order valence-electron chi connectivity index (χ1n) is 6.63. The van der Waals surface area contributed by atoms with E-state index < -0.39 is 0 Å². The second-order valence-corrected chi connectivity index (χ2v) is 6.50. The summed E-state index contributed by atoms with van der Waals surface area (Å²) in [5.41, 5.74) is 0.955. The number of halogens is 2. The van der Waals surface area contributed by atoms with E-state index in [0.717, 1.165) is 47.0 Å². The van der Waals surface area contributed by atoms with Crippen molar-refractivity contribution < 1.29 is 4.79 Å². The molecule has 2 rings (SSSR count). The number of carbonyl (C=O) groups is 1. The Labute approximate surface area is 131 Å². The van der Waals surface area contributed by atoms with E-state index in [9.17, 15) is 4.79 Å². The number of nitrogens with one attached hydrogen (secondary N) is 1. The molecular weight excluding hydrogens is 372 g/mol. The maximum Gasteiger partial charge on any atom is 0.244 e. The monoisotopic (exact) mass is 388 g/mol.